The van der Waals surface area contributed by atoms with E-state index >= 15 is 0 Å². The SMILES string of the molecule is CC(=O)O[C@H]1C[C@H]([C@H](C)CC(=O)/C=C(\C)C(=O)O)[C@@]2(C)CC=C3C(=CC[C@H]4C(C)(C)[C@H](O)CC[C@]34C)[C@]12C. The summed E-state index contributed by atoms with van der Waals surface area (Å²) in [5.74, 6) is -1.11. The summed E-state index contributed by atoms with van der Waals surface area (Å²) in [6.45, 7) is 16.3. The third-order valence-electron chi connectivity index (χ3n) is 11.6. The zero-order chi connectivity index (χ0) is 28.4. The van der Waals surface area contributed by atoms with Crippen LogP contribution in [0, 0.1) is 39.4 Å². The van der Waals surface area contributed by atoms with Gasteiger partial charge in [0, 0.05) is 24.3 Å². The number of carboxylic acids is 1. The molecule has 0 aromatic rings. The Morgan fingerprint density at radius 1 is 1.11 bits per heavy atom. The van der Waals surface area contributed by atoms with Gasteiger partial charge in [-0.3, -0.25) is 9.59 Å². The summed E-state index contributed by atoms with van der Waals surface area (Å²) in [7, 11) is 0. The molecule has 6 heteroatoms. The molecule has 0 saturated heterocycles. The van der Waals surface area contributed by atoms with Crippen LogP contribution in [-0.2, 0) is 19.1 Å². The van der Waals surface area contributed by atoms with E-state index in [0.29, 0.717) is 12.3 Å². The average molecular weight is 527 g/mol. The molecular weight excluding hydrogens is 480 g/mol. The molecule has 4 rings (SSSR count). The van der Waals surface area contributed by atoms with Crippen LogP contribution in [0.3, 0.4) is 0 Å². The maximum atomic E-state index is 12.8. The van der Waals surface area contributed by atoms with Crippen molar-refractivity contribution in [3.05, 3.63) is 34.9 Å². The highest BCUT2D eigenvalue weighted by atomic mass is 16.5. The molecule has 0 aliphatic heterocycles. The number of carbonyl (C=O) groups is 3. The normalized spacial score (nSPS) is 40.6. The molecule has 2 fully saturated rings. The van der Waals surface area contributed by atoms with Crippen molar-refractivity contribution in [2.24, 2.45) is 39.4 Å². The lowest BCUT2D eigenvalue weighted by molar-refractivity contribution is -0.152. The third-order valence-corrected chi connectivity index (χ3v) is 11.6. The fraction of sp³-hybridized carbons (Fsp3) is 0.719. The van der Waals surface area contributed by atoms with E-state index in [9.17, 15) is 24.6 Å². The predicted molar refractivity (Wildman–Crippen MR) is 146 cm³/mol. The van der Waals surface area contributed by atoms with Gasteiger partial charge in [-0.15, -0.1) is 0 Å². The number of aliphatic hydroxyl groups is 1. The zero-order valence-electron chi connectivity index (χ0n) is 24.4. The Morgan fingerprint density at radius 3 is 2.37 bits per heavy atom. The number of hydrogen-bond donors (Lipinski definition) is 2. The number of esters is 1. The van der Waals surface area contributed by atoms with Crippen molar-refractivity contribution in [2.45, 2.75) is 106 Å². The molecule has 0 amide bonds. The summed E-state index contributed by atoms with van der Waals surface area (Å²) < 4.78 is 6.08. The maximum Gasteiger partial charge on any atom is 0.331 e. The van der Waals surface area contributed by atoms with E-state index < -0.39 is 11.4 Å². The van der Waals surface area contributed by atoms with Crippen LogP contribution < -0.4 is 0 Å². The first-order chi connectivity index (χ1) is 17.5. The van der Waals surface area contributed by atoms with Crippen LogP contribution in [0.25, 0.3) is 0 Å². The van der Waals surface area contributed by atoms with Crippen LogP contribution in [0.1, 0.15) is 93.9 Å². The van der Waals surface area contributed by atoms with Gasteiger partial charge >= 0.3 is 11.9 Å². The number of aliphatic hydroxyl groups excluding tert-OH is 1. The molecule has 4 aliphatic rings. The zero-order valence-corrected chi connectivity index (χ0v) is 24.4. The maximum absolute atomic E-state index is 12.8. The van der Waals surface area contributed by atoms with E-state index in [-0.39, 0.29) is 64.0 Å². The van der Waals surface area contributed by atoms with Crippen molar-refractivity contribution in [1.82, 2.24) is 0 Å². The largest absolute Gasteiger partial charge is 0.478 e. The number of rotatable bonds is 6. The number of carboxylic acid groups (broad SMARTS) is 1. The fourth-order valence-corrected chi connectivity index (χ4v) is 9.10. The Labute approximate surface area is 227 Å². The quantitative estimate of drug-likeness (QED) is 0.323. The number of allylic oxidation sites excluding steroid dienone is 4. The standard InChI is InChI=1S/C32H46O6/c1-18(15-21(34)16-19(2)28(36)37)24-17-27(38-20(3)33)32(8)23-9-10-25-29(4,5)26(35)12-13-30(25,6)22(23)11-14-31(24,32)7/h9,11,16,18,24-27,35H,10,12-15,17H2,1-8H3,(H,36,37)/b19-16+/t18-,24-,25+,26-,27+,30-,31-,32-/m1/s1. The third kappa shape index (κ3) is 4.13. The monoisotopic (exact) mass is 526 g/mol. The van der Waals surface area contributed by atoms with Gasteiger partial charge in [0.2, 0.25) is 0 Å². The first-order valence-electron chi connectivity index (χ1n) is 14.2. The van der Waals surface area contributed by atoms with Gasteiger partial charge < -0.3 is 14.9 Å². The summed E-state index contributed by atoms with van der Waals surface area (Å²) in [6.07, 6.45) is 9.74. The van der Waals surface area contributed by atoms with Gasteiger partial charge in [0.1, 0.15) is 6.10 Å². The molecule has 0 spiro atoms. The van der Waals surface area contributed by atoms with Gasteiger partial charge in [0.25, 0.3) is 0 Å². The average Bonchev–Trinajstić information content (AvgIpc) is 3.03. The molecular formula is C32H46O6. The molecule has 210 valence electrons. The van der Waals surface area contributed by atoms with Crippen LogP contribution in [-0.4, -0.2) is 40.1 Å². The molecule has 38 heavy (non-hydrogen) atoms. The number of carbonyl (C=O) groups excluding carboxylic acids is 2. The van der Waals surface area contributed by atoms with Gasteiger partial charge in [-0.1, -0.05) is 53.7 Å². The van der Waals surface area contributed by atoms with Crippen LogP contribution >= 0.6 is 0 Å². The second-order valence-electron chi connectivity index (χ2n) is 13.9. The van der Waals surface area contributed by atoms with Crippen molar-refractivity contribution < 1.29 is 29.3 Å². The van der Waals surface area contributed by atoms with Gasteiger partial charge in [0.05, 0.1) is 6.10 Å². The molecule has 0 bridgehead atoms. The van der Waals surface area contributed by atoms with Crippen molar-refractivity contribution in [3.8, 4) is 0 Å². The molecule has 0 unspecified atom stereocenters. The van der Waals surface area contributed by atoms with Crippen LogP contribution in [0.4, 0.5) is 0 Å². The second-order valence-corrected chi connectivity index (χ2v) is 13.9. The molecule has 0 radical (unpaired) electrons. The fourth-order valence-electron chi connectivity index (χ4n) is 9.10. The molecule has 2 N–H and O–H groups in total. The molecule has 6 nitrogen and oxygen atoms in total. The Hall–Kier alpha value is -2.21. The topological polar surface area (TPSA) is 101 Å². The molecule has 0 aromatic heterocycles. The summed E-state index contributed by atoms with van der Waals surface area (Å²) in [6, 6.07) is 0. The lowest BCUT2D eigenvalue weighted by atomic mass is 9.44. The lowest BCUT2D eigenvalue weighted by Crippen LogP contribution is -2.56. The molecule has 2 saturated carbocycles. The Balaban J connectivity index is 1.75. The van der Waals surface area contributed by atoms with E-state index in [1.807, 2.05) is 0 Å². The Kier molecular flexibility index (Phi) is 7.17. The van der Waals surface area contributed by atoms with Crippen molar-refractivity contribution in [2.75, 3.05) is 0 Å². The highest BCUT2D eigenvalue weighted by Crippen LogP contribution is 2.72. The molecule has 4 aliphatic carbocycles. The highest BCUT2D eigenvalue weighted by Gasteiger charge is 2.67. The minimum Gasteiger partial charge on any atom is -0.478 e. The van der Waals surface area contributed by atoms with Gasteiger partial charge in [-0.05, 0) is 90.2 Å². The highest BCUT2D eigenvalue weighted by molar-refractivity contribution is 5.98. The van der Waals surface area contributed by atoms with E-state index in [4.69, 9.17) is 4.74 Å². The second kappa shape index (κ2) is 9.46. The Bertz CT molecular complexity index is 1130. The summed E-state index contributed by atoms with van der Waals surface area (Å²) in [4.78, 5) is 36.3. The number of ketones is 1. The van der Waals surface area contributed by atoms with Crippen LogP contribution in [0.15, 0.2) is 34.9 Å². The summed E-state index contributed by atoms with van der Waals surface area (Å²) in [5.41, 5.74) is 1.79. The lowest BCUT2D eigenvalue weighted by Gasteiger charge is -2.61. The molecule has 8 atom stereocenters. The minimum atomic E-state index is -1.08. The molecule has 0 heterocycles. The van der Waals surface area contributed by atoms with Crippen LogP contribution in [0.2, 0.25) is 0 Å². The van der Waals surface area contributed by atoms with Gasteiger partial charge in [0.15, 0.2) is 5.78 Å². The minimum absolute atomic E-state index is 0.00327. The van der Waals surface area contributed by atoms with E-state index in [1.54, 1.807) is 0 Å². The number of fused-ring (bicyclic) bond motifs is 5. The Morgan fingerprint density at radius 2 is 1.76 bits per heavy atom. The van der Waals surface area contributed by atoms with E-state index in [0.717, 1.165) is 25.7 Å². The van der Waals surface area contributed by atoms with Gasteiger partial charge in [-0.2, -0.15) is 0 Å². The van der Waals surface area contributed by atoms with E-state index in [2.05, 4.69) is 53.7 Å². The molecule has 0 aromatic carbocycles. The summed E-state index contributed by atoms with van der Waals surface area (Å²) >= 11 is 0. The number of hydrogen-bond acceptors (Lipinski definition) is 5. The first kappa shape index (κ1) is 28.8. The van der Waals surface area contributed by atoms with Crippen LogP contribution in [0.5, 0.6) is 0 Å². The van der Waals surface area contributed by atoms with Crippen molar-refractivity contribution >= 4 is 17.7 Å². The summed E-state index contributed by atoms with van der Waals surface area (Å²) in [5, 5.41) is 20.0. The first-order valence-corrected chi connectivity index (χ1v) is 14.2. The van der Waals surface area contributed by atoms with Crippen molar-refractivity contribution in [3.63, 3.8) is 0 Å². The number of aliphatic carboxylic acids is 1. The van der Waals surface area contributed by atoms with Crippen molar-refractivity contribution in [1.29, 1.82) is 0 Å². The smallest absolute Gasteiger partial charge is 0.331 e. The van der Waals surface area contributed by atoms with Gasteiger partial charge in [-0.25, -0.2) is 4.79 Å². The predicted octanol–water partition coefficient (Wildman–Crippen LogP) is 6.04. The number of ether oxygens (including phenoxy) is 1. The van der Waals surface area contributed by atoms with E-state index in [1.165, 1.54) is 31.1 Å².